The first-order valence-corrected chi connectivity index (χ1v) is 14.1. The maximum Gasteiger partial charge on any atom is 0.417 e. The van der Waals surface area contributed by atoms with E-state index < -0.39 is 40.9 Å². The first kappa shape index (κ1) is 30.9. The van der Waals surface area contributed by atoms with Crippen molar-refractivity contribution < 1.29 is 32.6 Å². The van der Waals surface area contributed by atoms with E-state index in [0.717, 1.165) is 17.7 Å². The van der Waals surface area contributed by atoms with Crippen LogP contribution in [0.2, 0.25) is 0 Å². The summed E-state index contributed by atoms with van der Waals surface area (Å²) in [4.78, 5) is 44.1. The summed E-state index contributed by atoms with van der Waals surface area (Å²) in [5.74, 6) is -1.98. The lowest BCUT2D eigenvalue weighted by atomic mass is 9.90. The van der Waals surface area contributed by atoms with Crippen molar-refractivity contribution in [2.45, 2.75) is 97.1 Å². The average Bonchev–Trinajstić information content (AvgIpc) is 3.23. The van der Waals surface area contributed by atoms with Gasteiger partial charge in [0.15, 0.2) is 11.6 Å². The fraction of sp³-hybridized carbons (Fsp3) is 0.484. The molecule has 2 atom stereocenters. The highest BCUT2D eigenvalue weighted by Gasteiger charge is 2.40. The summed E-state index contributed by atoms with van der Waals surface area (Å²) in [5, 5.41) is 6.05. The predicted molar refractivity (Wildman–Crippen MR) is 155 cm³/mol. The van der Waals surface area contributed by atoms with Gasteiger partial charge in [0.25, 0.3) is 5.91 Å². The Kier molecular flexibility index (Phi) is 8.89. The average molecular weight is 585 g/mol. The van der Waals surface area contributed by atoms with E-state index in [-0.39, 0.29) is 41.3 Å². The highest BCUT2D eigenvalue weighted by molar-refractivity contribution is 6.09. The van der Waals surface area contributed by atoms with Gasteiger partial charge in [-0.1, -0.05) is 31.1 Å². The molecule has 3 amide bonds. The Bertz CT molecular complexity index is 1380. The number of carbonyl (C=O) groups is 3. The number of hydrogen-bond acceptors (Lipinski definition) is 7. The van der Waals surface area contributed by atoms with Gasteiger partial charge >= 0.3 is 12.2 Å². The molecule has 1 aromatic carbocycles. The van der Waals surface area contributed by atoms with Crippen molar-refractivity contribution in [2.24, 2.45) is 0 Å². The molecule has 2 aliphatic rings. The van der Waals surface area contributed by atoms with Gasteiger partial charge < -0.3 is 20.1 Å². The number of anilines is 1. The second-order valence-electron chi connectivity index (χ2n) is 12.6. The van der Waals surface area contributed by atoms with Gasteiger partial charge in [0.05, 0.1) is 23.8 Å². The van der Waals surface area contributed by atoms with Crippen molar-refractivity contribution in [3.63, 3.8) is 0 Å². The topological polar surface area (TPSA) is 110 Å². The second-order valence-corrected chi connectivity index (χ2v) is 12.6. The molecular weight excluding hydrogens is 546 g/mol. The third-order valence-electron chi connectivity index (χ3n) is 6.75. The number of carbonyl (C=O) groups excluding carboxylic acids is 3. The predicted octanol–water partition coefficient (Wildman–Crippen LogP) is 6.67. The van der Waals surface area contributed by atoms with Crippen LogP contribution in [0.15, 0.2) is 24.3 Å². The van der Waals surface area contributed by atoms with Crippen LogP contribution < -0.4 is 10.6 Å². The van der Waals surface area contributed by atoms with E-state index in [4.69, 9.17) is 9.47 Å². The number of ether oxygens (including phenoxy) is 2. The van der Waals surface area contributed by atoms with E-state index >= 15 is 4.39 Å². The standard InChI is InChI=1S/C31H38F2N4O5/c1-30(2,3)41-28(39)36-22-10-8-7-9-21(22)34-26-25(33)20-17-37(29(40)42-31(4,5)6)27(38)24(20)23(35-26)16-13-18-11-14-19(32)15-12-18/h11-16,21-22H,7-10,17H2,1-6H3,(H,34,35)(H,36,39)/t21-,22+/m1/s1. The van der Waals surface area contributed by atoms with Crippen LogP contribution in [0.4, 0.5) is 24.2 Å². The van der Waals surface area contributed by atoms with Crippen LogP contribution in [-0.2, 0) is 16.0 Å². The van der Waals surface area contributed by atoms with Crippen molar-refractivity contribution in [1.82, 2.24) is 15.2 Å². The van der Waals surface area contributed by atoms with Gasteiger partial charge in [-0.2, -0.15) is 0 Å². The first-order chi connectivity index (χ1) is 19.6. The summed E-state index contributed by atoms with van der Waals surface area (Å²) < 4.78 is 40.3. The Balaban J connectivity index is 1.68. The molecule has 1 aliphatic heterocycles. The maximum atomic E-state index is 16.0. The summed E-state index contributed by atoms with van der Waals surface area (Å²) in [6.07, 6.45) is 4.74. The van der Waals surface area contributed by atoms with Crippen molar-refractivity contribution in [3.05, 3.63) is 58.3 Å². The van der Waals surface area contributed by atoms with E-state index in [1.54, 1.807) is 59.8 Å². The monoisotopic (exact) mass is 584 g/mol. The maximum absolute atomic E-state index is 16.0. The number of halogens is 2. The molecule has 0 radical (unpaired) electrons. The number of hydrogen-bond donors (Lipinski definition) is 2. The molecule has 226 valence electrons. The minimum absolute atomic E-state index is 0.00887. The summed E-state index contributed by atoms with van der Waals surface area (Å²) in [5.41, 5.74) is -0.800. The Morgan fingerprint density at radius 1 is 0.952 bits per heavy atom. The highest BCUT2D eigenvalue weighted by Crippen LogP contribution is 2.34. The summed E-state index contributed by atoms with van der Waals surface area (Å²) in [6.45, 7) is 10.0. The van der Waals surface area contributed by atoms with Gasteiger partial charge in [0.1, 0.15) is 17.0 Å². The van der Waals surface area contributed by atoms with Crippen LogP contribution >= 0.6 is 0 Å². The zero-order valence-electron chi connectivity index (χ0n) is 24.8. The van der Waals surface area contributed by atoms with Crippen LogP contribution in [0.3, 0.4) is 0 Å². The quantitative estimate of drug-likeness (QED) is 0.404. The number of imide groups is 1. The number of aromatic nitrogens is 1. The van der Waals surface area contributed by atoms with Crippen molar-refractivity contribution in [2.75, 3.05) is 5.32 Å². The number of amides is 3. The van der Waals surface area contributed by atoms with Gasteiger partial charge in [0, 0.05) is 11.6 Å². The molecule has 4 rings (SSSR count). The molecule has 1 fully saturated rings. The Labute approximate surface area is 244 Å². The molecule has 1 aliphatic carbocycles. The van der Waals surface area contributed by atoms with E-state index in [1.807, 2.05) is 0 Å². The van der Waals surface area contributed by atoms with Crippen LogP contribution in [0.25, 0.3) is 12.2 Å². The fourth-order valence-electron chi connectivity index (χ4n) is 4.93. The molecular formula is C31H38F2N4O5. The van der Waals surface area contributed by atoms with Crippen molar-refractivity contribution in [1.29, 1.82) is 0 Å². The minimum Gasteiger partial charge on any atom is -0.444 e. The second kappa shape index (κ2) is 12.1. The van der Waals surface area contributed by atoms with Crippen molar-refractivity contribution in [3.8, 4) is 0 Å². The number of benzene rings is 1. The molecule has 0 spiro atoms. The Morgan fingerprint density at radius 3 is 2.19 bits per heavy atom. The number of pyridine rings is 1. The largest absolute Gasteiger partial charge is 0.444 e. The van der Waals surface area contributed by atoms with Gasteiger partial charge in [-0.15, -0.1) is 0 Å². The molecule has 2 aromatic rings. The van der Waals surface area contributed by atoms with Gasteiger partial charge in [-0.3, -0.25) is 4.79 Å². The normalized spacial score (nSPS) is 19.0. The number of nitrogens with one attached hydrogen (secondary N) is 2. The third-order valence-corrected chi connectivity index (χ3v) is 6.75. The van der Waals surface area contributed by atoms with Crippen LogP contribution in [0.1, 0.15) is 94.4 Å². The molecule has 0 saturated heterocycles. The van der Waals surface area contributed by atoms with Gasteiger partial charge in [0.2, 0.25) is 0 Å². The Hall–Kier alpha value is -4.02. The fourth-order valence-corrected chi connectivity index (χ4v) is 4.93. The zero-order chi connectivity index (χ0) is 30.8. The lowest BCUT2D eigenvalue weighted by Crippen LogP contribution is -2.50. The highest BCUT2D eigenvalue weighted by atomic mass is 19.1. The molecule has 2 heterocycles. The first-order valence-electron chi connectivity index (χ1n) is 14.1. The summed E-state index contributed by atoms with van der Waals surface area (Å²) in [6, 6.07) is 4.99. The van der Waals surface area contributed by atoms with E-state index in [0.29, 0.717) is 18.4 Å². The number of alkyl carbamates (subject to hydrolysis) is 1. The van der Waals surface area contributed by atoms with Crippen molar-refractivity contribution >= 4 is 36.1 Å². The minimum atomic E-state index is -0.889. The molecule has 1 saturated carbocycles. The zero-order valence-corrected chi connectivity index (χ0v) is 24.8. The molecule has 0 unspecified atom stereocenters. The molecule has 2 N–H and O–H groups in total. The van der Waals surface area contributed by atoms with Gasteiger partial charge in [-0.05, 0) is 78.2 Å². The lowest BCUT2D eigenvalue weighted by molar-refractivity contribution is 0.0246. The van der Waals surface area contributed by atoms with Crippen LogP contribution in [0.5, 0.6) is 0 Å². The number of nitrogens with zero attached hydrogens (tertiary/aromatic N) is 2. The third kappa shape index (κ3) is 7.63. The summed E-state index contributed by atoms with van der Waals surface area (Å²) >= 11 is 0. The van der Waals surface area contributed by atoms with E-state index in [2.05, 4.69) is 15.6 Å². The smallest absolute Gasteiger partial charge is 0.417 e. The van der Waals surface area contributed by atoms with Crippen LogP contribution in [0, 0.1) is 11.6 Å². The van der Waals surface area contributed by atoms with Crippen LogP contribution in [-0.4, -0.2) is 51.3 Å². The summed E-state index contributed by atoms with van der Waals surface area (Å²) in [7, 11) is 0. The van der Waals surface area contributed by atoms with E-state index in [9.17, 15) is 18.8 Å². The molecule has 1 aromatic heterocycles. The Morgan fingerprint density at radius 2 is 1.57 bits per heavy atom. The number of fused-ring (bicyclic) bond motifs is 1. The molecule has 42 heavy (non-hydrogen) atoms. The SMILES string of the molecule is CC(C)(C)OC(=O)N[C@H]1CCCC[C@H]1Nc1nc(C=Cc2ccc(F)cc2)c2c(c1F)CN(C(=O)OC(C)(C)C)C2=O. The molecule has 9 nitrogen and oxygen atoms in total. The van der Waals surface area contributed by atoms with E-state index in [1.165, 1.54) is 18.2 Å². The molecule has 0 bridgehead atoms. The van der Waals surface area contributed by atoms with Gasteiger partial charge in [-0.25, -0.2) is 28.3 Å². The number of rotatable bonds is 5. The lowest BCUT2D eigenvalue weighted by Gasteiger charge is -2.34. The molecule has 11 heteroatoms.